The molecule has 2 aliphatic heterocycles. The first-order chi connectivity index (χ1) is 17.6. The minimum Gasteiger partial charge on any atom is -0.493 e. The quantitative estimate of drug-likeness (QED) is 0.464. The molecule has 7 heteroatoms. The SMILES string of the molecule is CCN1CCCC1CNC(=O)[C@@H]1C[C@H](COc2cccc(F)c2)CN(Cc2c[nH]c3ccccc23)C1. The van der Waals surface area contributed by atoms with Gasteiger partial charge in [0, 0.05) is 61.3 Å². The Morgan fingerprint density at radius 2 is 2.08 bits per heavy atom. The average molecular weight is 493 g/mol. The van der Waals surface area contributed by atoms with Gasteiger partial charge < -0.3 is 15.0 Å². The van der Waals surface area contributed by atoms with Crippen molar-refractivity contribution in [2.75, 3.05) is 39.3 Å². The molecule has 2 saturated heterocycles. The number of halogens is 1. The Balaban J connectivity index is 1.26. The minimum atomic E-state index is -0.303. The fourth-order valence-corrected chi connectivity index (χ4v) is 5.92. The summed E-state index contributed by atoms with van der Waals surface area (Å²) in [5.74, 6) is 0.452. The van der Waals surface area contributed by atoms with Crippen molar-refractivity contribution < 1.29 is 13.9 Å². The number of likely N-dealkylation sites (tertiary alicyclic amines) is 2. The van der Waals surface area contributed by atoms with Crippen molar-refractivity contribution in [1.82, 2.24) is 20.1 Å². The molecule has 2 aliphatic rings. The lowest BCUT2D eigenvalue weighted by atomic mass is 9.88. The van der Waals surface area contributed by atoms with Crippen LogP contribution in [0.1, 0.15) is 31.7 Å². The van der Waals surface area contributed by atoms with Crippen LogP contribution in [0.5, 0.6) is 5.75 Å². The lowest BCUT2D eigenvalue weighted by Gasteiger charge is -2.37. The van der Waals surface area contributed by atoms with E-state index >= 15 is 0 Å². The van der Waals surface area contributed by atoms with Crippen LogP contribution in [0.15, 0.2) is 54.7 Å². The summed E-state index contributed by atoms with van der Waals surface area (Å²) in [5.41, 5.74) is 2.36. The molecule has 0 aliphatic carbocycles. The predicted molar refractivity (Wildman–Crippen MR) is 140 cm³/mol. The molecule has 1 amide bonds. The van der Waals surface area contributed by atoms with E-state index < -0.39 is 0 Å². The van der Waals surface area contributed by atoms with Crippen molar-refractivity contribution in [2.45, 2.75) is 38.8 Å². The standard InChI is InChI=1S/C29H37FN4O2/c1-2-34-12-6-8-25(34)16-32-29(35)22-13-21(20-36-26-9-5-7-24(30)14-26)17-33(18-22)19-23-15-31-28-11-4-3-10-27(23)28/h3-5,7,9-11,14-15,21-22,25,31H,2,6,8,12-13,16-20H2,1H3,(H,32,35)/t21-,22+,25?/m0/s1. The van der Waals surface area contributed by atoms with E-state index in [4.69, 9.17) is 4.74 Å². The third-order valence-corrected chi connectivity index (χ3v) is 7.75. The van der Waals surface area contributed by atoms with Crippen LogP contribution in [0.25, 0.3) is 10.9 Å². The Labute approximate surface area is 212 Å². The summed E-state index contributed by atoms with van der Waals surface area (Å²) in [4.78, 5) is 21.5. The number of nitrogens with zero attached hydrogens (tertiary/aromatic N) is 2. The Hall–Kier alpha value is -2.90. The highest BCUT2D eigenvalue weighted by Crippen LogP contribution is 2.27. The first-order valence-corrected chi connectivity index (χ1v) is 13.3. The molecule has 0 bridgehead atoms. The number of H-pyrrole nitrogens is 1. The molecule has 1 aromatic heterocycles. The minimum absolute atomic E-state index is 0.0958. The van der Waals surface area contributed by atoms with E-state index in [0.29, 0.717) is 18.4 Å². The summed E-state index contributed by atoms with van der Waals surface area (Å²) >= 11 is 0. The van der Waals surface area contributed by atoms with Gasteiger partial charge in [-0.3, -0.25) is 14.6 Å². The molecule has 1 unspecified atom stereocenters. The maximum absolute atomic E-state index is 13.6. The number of carbonyl (C=O) groups is 1. The number of aromatic nitrogens is 1. The van der Waals surface area contributed by atoms with Crippen LogP contribution in [0.2, 0.25) is 0 Å². The number of ether oxygens (including phenoxy) is 1. The lowest BCUT2D eigenvalue weighted by Crippen LogP contribution is -2.49. The fraction of sp³-hybridized carbons (Fsp3) is 0.483. The normalized spacial score (nSPS) is 23.2. The summed E-state index contributed by atoms with van der Waals surface area (Å²) in [6.45, 7) is 7.86. The number of hydrogen-bond acceptors (Lipinski definition) is 4. The van der Waals surface area contributed by atoms with Crippen molar-refractivity contribution in [2.24, 2.45) is 11.8 Å². The van der Waals surface area contributed by atoms with Crippen LogP contribution in [0.4, 0.5) is 4.39 Å². The number of piperidine rings is 1. The summed E-state index contributed by atoms with van der Waals surface area (Å²) in [6.07, 6.45) is 5.20. The first kappa shape index (κ1) is 24.8. The van der Waals surface area contributed by atoms with E-state index in [1.165, 1.54) is 29.5 Å². The monoisotopic (exact) mass is 492 g/mol. The molecule has 36 heavy (non-hydrogen) atoms. The highest BCUT2D eigenvalue weighted by Gasteiger charge is 2.33. The fourth-order valence-electron chi connectivity index (χ4n) is 5.92. The molecule has 5 rings (SSSR count). The maximum atomic E-state index is 13.6. The number of benzene rings is 2. The number of hydrogen-bond donors (Lipinski definition) is 2. The van der Waals surface area contributed by atoms with Gasteiger partial charge >= 0.3 is 0 Å². The van der Waals surface area contributed by atoms with Gasteiger partial charge in [-0.15, -0.1) is 0 Å². The topological polar surface area (TPSA) is 60.6 Å². The summed E-state index contributed by atoms with van der Waals surface area (Å²) in [7, 11) is 0. The Morgan fingerprint density at radius 1 is 1.19 bits per heavy atom. The Morgan fingerprint density at radius 3 is 2.94 bits per heavy atom. The Bertz CT molecular complexity index is 1160. The first-order valence-electron chi connectivity index (χ1n) is 13.3. The zero-order valence-electron chi connectivity index (χ0n) is 21.1. The van der Waals surface area contributed by atoms with E-state index in [0.717, 1.165) is 57.6 Å². The molecule has 0 spiro atoms. The zero-order chi connectivity index (χ0) is 24.9. The van der Waals surface area contributed by atoms with Gasteiger partial charge in [0.1, 0.15) is 11.6 Å². The summed E-state index contributed by atoms with van der Waals surface area (Å²) in [6, 6.07) is 15.0. The van der Waals surface area contributed by atoms with Crippen LogP contribution in [0, 0.1) is 17.7 Å². The third kappa shape index (κ3) is 5.90. The van der Waals surface area contributed by atoms with Crippen LogP contribution in [-0.2, 0) is 11.3 Å². The van der Waals surface area contributed by atoms with Gasteiger partial charge in [0.15, 0.2) is 0 Å². The summed E-state index contributed by atoms with van der Waals surface area (Å²) < 4.78 is 19.6. The summed E-state index contributed by atoms with van der Waals surface area (Å²) in [5, 5.41) is 4.49. The number of aromatic amines is 1. The van der Waals surface area contributed by atoms with E-state index in [9.17, 15) is 9.18 Å². The lowest BCUT2D eigenvalue weighted by molar-refractivity contribution is -0.128. The number of amides is 1. The molecule has 2 N–H and O–H groups in total. The molecular weight excluding hydrogens is 455 g/mol. The Kier molecular flexibility index (Phi) is 7.87. The van der Waals surface area contributed by atoms with Crippen molar-refractivity contribution in [3.8, 4) is 5.75 Å². The number of carbonyl (C=O) groups excluding carboxylic acids is 1. The molecular formula is C29H37FN4O2. The van der Waals surface area contributed by atoms with Gasteiger partial charge in [-0.2, -0.15) is 0 Å². The van der Waals surface area contributed by atoms with Gasteiger partial charge in [0.05, 0.1) is 12.5 Å². The van der Waals surface area contributed by atoms with Crippen LogP contribution in [-0.4, -0.2) is 66.1 Å². The van der Waals surface area contributed by atoms with Crippen molar-refractivity contribution in [1.29, 1.82) is 0 Å². The highest BCUT2D eigenvalue weighted by molar-refractivity contribution is 5.83. The van der Waals surface area contributed by atoms with Crippen molar-refractivity contribution >= 4 is 16.8 Å². The second-order valence-electron chi connectivity index (χ2n) is 10.3. The molecule has 0 saturated carbocycles. The van der Waals surface area contributed by atoms with Gasteiger partial charge in [0.25, 0.3) is 0 Å². The zero-order valence-corrected chi connectivity index (χ0v) is 21.1. The maximum Gasteiger partial charge on any atom is 0.224 e. The van der Waals surface area contributed by atoms with E-state index in [2.05, 4.69) is 51.4 Å². The van der Waals surface area contributed by atoms with Gasteiger partial charge in [0.2, 0.25) is 5.91 Å². The molecule has 3 aromatic rings. The molecule has 6 nitrogen and oxygen atoms in total. The number of para-hydroxylation sites is 1. The smallest absolute Gasteiger partial charge is 0.224 e. The number of nitrogens with one attached hydrogen (secondary N) is 2. The van der Waals surface area contributed by atoms with Gasteiger partial charge in [-0.05, 0) is 56.1 Å². The molecule has 3 atom stereocenters. The van der Waals surface area contributed by atoms with Crippen LogP contribution < -0.4 is 10.1 Å². The molecule has 3 heterocycles. The van der Waals surface area contributed by atoms with E-state index in [1.807, 2.05) is 6.07 Å². The molecule has 2 aromatic carbocycles. The average Bonchev–Trinajstić information content (AvgIpc) is 3.53. The van der Waals surface area contributed by atoms with Crippen LogP contribution in [0.3, 0.4) is 0 Å². The van der Waals surface area contributed by atoms with Crippen LogP contribution >= 0.6 is 0 Å². The highest BCUT2D eigenvalue weighted by atomic mass is 19.1. The largest absolute Gasteiger partial charge is 0.493 e. The van der Waals surface area contributed by atoms with Gasteiger partial charge in [-0.25, -0.2) is 4.39 Å². The van der Waals surface area contributed by atoms with E-state index in [1.54, 1.807) is 12.1 Å². The second-order valence-corrected chi connectivity index (χ2v) is 10.3. The number of likely N-dealkylation sites (N-methyl/N-ethyl adjacent to an activating group) is 1. The van der Waals surface area contributed by atoms with Crippen molar-refractivity contribution in [3.63, 3.8) is 0 Å². The van der Waals surface area contributed by atoms with Gasteiger partial charge in [-0.1, -0.05) is 31.2 Å². The molecule has 2 fully saturated rings. The molecule has 0 radical (unpaired) electrons. The second kappa shape index (κ2) is 11.4. The number of fused-ring (bicyclic) bond motifs is 1. The predicted octanol–water partition coefficient (Wildman–Crippen LogP) is 4.42. The third-order valence-electron chi connectivity index (χ3n) is 7.75. The van der Waals surface area contributed by atoms with Crippen molar-refractivity contribution in [3.05, 3.63) is 66.1 Å². The van der Waals surface area contributed by atoms with E-state index in [-0.39, 0.29) is 23.6 Å². The number of rotatable bonds is 9. The molecule has 192 valence electrons.